The first-order valence-electron chi connectivity index (χ1n) is 5.38. The number of rotatable bonds is 1. The van der Waals surface area contributed by atoms with Gasteiger partial charge in [-0.2, -0.15) is 5.26 Å². The molecular weight excluding hydrogens is 248 g/mol. The lowest BCUT2D eigenvalue weighted by molar-refractivity contribution is 1.10. The van der Waals surface area contributed by atoms with E-state index in [4.69, 9.17) is 11.0 Å². The van der Waals surface area contributed by atoms with E-state index in [1.807, 2.05) is 6.07 Å². The highest BCUT2D eigenvalue weighted by molar-refractivity contribution is 8.25. The molecule has 1 fully saturated rings. The van der Waals surface area contributed by atoms with Crippen molar-refractivity contribution >= 4 is 23.5 Å². The Morgan fingerprint density at radius 1 is 1.47 bits per heavy atom. The predicted molar refractivity (Wildman–Crippen MR) is 75.5 cm³/mol. The van der Waals surface area contributed by atoms with Crippen LogP contribution in [0.3, 0.4) is 0 Å². The molecule has 0 radical (unpaired) electrons. The highest BCUT2D eigenvalue weighted by atomic mass is 32.2. The van der Waals surface area contributed by atoms with E-state index in [1.165, 1.54) is 16.7 Å². The molecule has 17 heavy (non-hydrogen) atoms. The molecule has 2 nitrogen and oxygen atoms in total. The summed E-state index contributed by atoms with van der Waals surface area (Å²) in [5.41, 5.74) is 9.97. The number of benzene rings is 1. The van der Waals surface area contributed by atoms with Crippen molar-refractivity contribution in [3.05, 3.63) is 44.8 Å². The third-order valence-corrected chi connectivity index (χ3v) is 5.70. The monoisotopic (exact) mass is 262 g/mol. The molecule has 1 aromatic rings. The van der Waals surface area contributed by atoms with E-state index < -0.39 is 0 Å². The number of nitrogens with zero attached hydrogens (tertiary/aromatic N) is 1. The molecule has 2 N–H and O–H groups in total. The molecule has 1 aliphatic rings. The minimum Gasteiger partial charge on any atom is -0.389 e. The van der Waals surface area contributed by atoms with Crippen LogP contribution >= 0.6 is 23.5 Å². The number of thioether (sulfide) groups is 2. The Hall–Kier alpha value is -1.05. The molecule has 0 aliphatic carbocycles. The maximum absolute atomic E-state index is 8.78. The van der Waals surface area contributed by atoms with Crippen molar-refractivity contribution < 1.29 is 0 Å². The second-order valence-corrected chi connectivity index (χ2v) is 6.59. The van der Waals surface area contributed by atoms with E-state index in [-0.39, 0.29) is 0 Å². The van der Waals surface area contributed by atoms with Gasteiger partial charge in [-0.25, -0.2) is 0 Å². The second kappa shape index (κ2) is 5.07. The van der Waals surface area contributed by atoms with E-state index in [1.54, 1.807) is 23.5 Å². The van der Waals surface area contributed by atoms with E-state index in [9.17, 15) is 0 Å². The van der Waals surface area contributed by atoms with Gasteiger partial charge in [0.1, 0.15) is 11.8 Å². The second-order valence-electron chi connectivity index (χ2n) is 4.09. The van der Waals surface area contributed by atoms with Crippen molar-refractivity contribution in [2.24, 2.45) is 5.73 Å². The lowest BCUT2D eigenvalue weighted by Gasteiger charge is -2.11. The van der Waals surface area contributed by atoms with Gasteiger partial charge in [-0.15, -0.1) is 23.5 Å². The highest BCUT2D eigenvalue weighted by Crippen LogP contribution is 2.51. The molecule has 1 atom stereocenters. The molecule has 2 rings (SSSR count). The third-order valence-electron chi connectivity index (χ3n) is 2.73. The molecule has 0 saturated carbocycles. The smallest absolute Gasteiger partial charge is 0.131 e. The zero-order chi connectivity index (χ0) is 12.4. The Labute approximate surface area is 110 Å². The normalized spacial score (nSPS) is 22.3. The number of nitrogens with two attached hydrogens (primary N) is 1. The van der Waals surface area contributed by atoms with Gasteiger partial charge in [-0.05, 0) is 25.0 Å². The maximum Gasteiger partial charge on any atom is 0.131 e. The fraction of sp³-hybridized carbons (Fsp3) is 0.308. The quantitative estimate of drug-likeness (QED) is 0.787. The number of aryl methyl sites for hydroxylation is 2. The summed E-state index contributed by atoms with van der Waals surface area (Å²) in [6.45, 7) is 4.25. The van der Waals surface area contributed by atoms with Gasteiger partial charge in [0.15, 0.2) is 0 Å². The van der Waals surface area contributed by atoms with Gasteiger partial charge in [-0.1, -0.05) is 23.8 Å². The molecule has 0 aromatic heterocycles. The molecule has 1 heterocycles. The fourth-order valence-corrected chi connectivity index (χ4v) is 4.68. The lowest BCUT2D eigenvalue weighted by atomic mass is 10.0. The molecule has 0 bridgehead atoms. The zero-order valence-corrected chi connectivity index (χ0v) is 11.5. The number of allylic oxidation sites excluding steroid dienone is 1. The fourth-order valence-electron chi connectivity index (χ4n) is 1.88. The van der Waals surface area contributed by atoms with Crippen LogP contribution < -0.4 is 5.73 Å². The van der Waals surface area contributed by atoms with Gasteiger partial charge in [0, 0.05) is 11.0 Å². The van der Waals surface area contributed by atoms with E-state index in [0.29, 0.717) is 10.9 Å². The number of hydrogen-bond acceptors (Lipinski definition) is 4. The third kappa shape index (κ3) is 2.62. The average Bonchev–Trinajstić information content (AvgIpc) is 2.77. The molecule has 0 amide bonds. The van der Waals surface area contributed by atoms with Crippen LogP contribution in [0.1, 0.15) is 21.9 Å². The van der Waals surface area contributed by atoms with Crippen LogP contribution in [0.25, 0.3) is 0 Å². The molecule has 1 aromatic carbocycles. The first kappa shape index (κ1) is 12.4. The van der Waals surface area contributed by atoms with E-state index >= 15 is 0 Å². The van der Waals surface area contributed by atoms with Crippen LogP contribution in [-0.4, -0.2) is 5.75 Å². The van der Waals surface area contributed by atoms with Gasteiger partial charge in [0.25, 0.3) is 0 Å². The Morgan fingerprint density at radius 2 is 2.24 bits per heavy atom. The molecule has 88 valence electrons. The first-order chi connectivity index (χ1) is 8.11. The van der Waals surface area contributed by atoms with Crippen LogP contribution in [0, 0.1) is 25.2 Å². The van der Waals surface area contributed by atoms with Crippen molar-refractivity contribution in [3.8, 4) is 6.07 Å². The highest BCUT2D eigenvalue weighted by Gasteiger charge is 2.25. The SMILES string of the molecule is Cc1ccc([C@@H]2CS/C(=C(\N)C#N)S2)c(C)c1. The van der Waals surface area contributed by atoms with E-state index in [0.717, 1.165) is 9.99 Å². The number of nitriles is 1. The molecule has 4 heteroatoms. The van der Waals surface area contributed by atoms with Crippen LogP contribution in [-0.2, 0) is 0 Å². The standard InChI is InChI=1S/C13H14N2S2/c1-8-3-4-10(9(2)5-8)12-7-16-13(17-12)11(15)6-14/h3-5,12H,7,15H2,1-2H3/b13-11+/t12-/m0/s1. The average molecular weight is 262 g/mol. The van der Waals surface area contributed by atoms with E-state index in [2.05, 4.69) is 32.0 Å². The van der Waals surface area contributed by atoms with Gasteiger partial charge < -0.3 is 5.73 Å². The Balaban J connectivity index is 2.25. The minimum absolute atomic E-state index is 0.354. The summed E-state index contributed by atoms with van der Waals surface area (Å²) < 4.78 is 0.970. The molecular formula is C13H14N2S2. The van der Waals surface area contributed by atoms with Crippen molar-refractivity contribution in [3.63, 3.8) is 0 Å². The summed E-state index contributed by atoms with van der Waals surface area (Å²) in [6, 6.07) is 8.55. The zero-order valence-electron chi connectivity index (χ0n) is 9.86. The summed E-state index contributed by atoms with van der Waals surface area (Å²) in [5, 5.41) is 9.20. The molecule has 1 aliphatic heterocycles. The maximum atomic E-state index is 8.78. The number of hydrogen-bond donors (Lipinski definition) is 1. The van der Waals surface area contributed by atoms with Crippen LogP contribution in [0.2, 0.25) is 0 Å². The van der Waals surface area contributed by atoms with Crippen LogP contribution in [0.5, 0.6) is 0 Å². The van der Waals surface area contributed by atoms with Gasteiger partial charge in [-0.3, -0.25) is 0 Å². The summed E-state index contributed by atoms with van der Waals surface area (Å²) in [4.78, 5) is 0. The van der Waals surface area contributed by atoms with Crippen LogP contribution in [0.4, 0.5) is 0 Å². The van der Waals surface area contributed by atoms with Gasteiger partial charge >= 0.3 is 0 Å². The summed E-state index contributed by atoms with van der Waals surface area (Å²) in [6.07, 6.45) is 0. The van der Waals surface area contributed by atoms with Gasteiger partial charge in [0.05, 0.1) is 4.24 Å². The largest absolute Gasteiger partial charge is 0.389 e. The van der Waals surface area contributed by atoms with Crippen molar-refractivity contribution in [2.75, 3.05) is 5.75 Å². The topological polar surface area (TPSA) is 49.8 Å². The Morgan fingerprint density at radius 3 is 2.88 bits per heavy atom. The summed E-state index contributed by atoms with van der Waals surface area (Å²) in [7, 11) is 0. The lowest BCUT2D eigenvalue weighted by Crippen LogP contribution is -1.96. The Bertz CT molecular complexity index is 515. The Kier molecular flexibility index (Phi) is 3.70. The molecule has 0 unspecified atom stereocenters. The van der Waals surface area contributed by atoms with Gasteiger partial charge in [0.2, 0.25) is 0 Å². The van der Waals surface area contributed by atoms with Crippen molar-refractivity contribution in [1.82, 2.24) is 0 Å². The first-order valence-corrected chi connectivity index (χ1v) is 7.25. The van der Waals surface area contributed by atoms with Crippen LogP contribution in [0.15, 0.2) is 28.1 Å². The molecule has 0 spiro atoms. The molecule has 1 saturated heterocycles. The predicted octanol–water partition coefficient (Wildman–Crippen LogP) is 3.48. The van der Waals surface area contributed by atoms with Crippen molar-refractivity contribution in [1.29, 1.82) is 5.26 Å². The van der Waals surface area contributed by atoms with Crippen molar-refractivity contribution in [2.45, 2.75) is 19.1 Å². The minimum atomic E-state index is 0.354. The summed E-state index contributed by atoms with van der Waals surface area (Å²) in [5.74, 6) is 0.992. The summed E-state index contributed by atoms with van der Waals surface area (Å²) >= 11 is 3.40.